The largest absolute Gasteiger partial charge is 0.494 e. The van der Waals surface area contributed by atoms with Gasteiger partial charge in [0.1, 0.15) is 5.75 Å². The molecule has 21 heavy (non-hydrogen) atoms. The Morgan fingerprint density at radius 1 is 1.10 bits per heavy atom. The van der Waals surface area contributed by atoms with Gasteiger partial charge in [0.2, 0.25) is 0 Å². The van der Waals surface area contributed by atoms with Crippen molar-refractivity contribution in [1.29, 1.82) is 0 Å². The maximum absolute atomic E-state index is 12.5. The predicted octanol–water partition coefficient (Wildman–Crippen LogP) is 2.70. The molecule has 0 unspecified atom stereocenters. The molecule has 2 aromatic rings. The lowest BCUT2D eigenvalue weighted by Gasteiger charge is -2.14. The van der Waals surface area contributed by atoms with Crippen molar-refractivity contribution in [3.8, 4) is 5.75 Å². The number of ether oxygens (including phenoxy) is 1. The molecule has 0 atom stereocenters. The highest BCUT2D eigenvalue weighted by Crippen LogP contribution is 2.29. The number of methoxy groups -OCH3 is 1. The molecule has 0 amide bonds. The first-order chi connectivity index (χ1) is 9.83. The van der Waals surface area contributed by atoms with Gasteiger partial charge in [0.05, 0.1) is 17.7 Å². The Labute approximate surface area is 124 Å². The van der Waals surface area contributed by atoms with Crippen molar-refractivity contribution >= 4 is 21.4 Å². The molecular weight excluding hydrogens is 288 g/mol. The summed E-state index contributed by atoms with van der Waals surface area (Å²) in [7, 11) is -2.22. The van der Waals surface area contributed by atoms with Gasteiger partial charge >= 0.3 is 0 Å². The number of hydrogen-bond acceptors (Lipinski definition) is 4. The molecule has 0 aliphatic rings. The van der Waals surface area contributed by atoms with Gasteiger partial charge < -0.3 is 10.5 Å². The summed E-state index contributed by atoms with van der Waals surface area (Å²) in [5, 5.41) is 0. The average molecular weight is 306 g/mol. The van der Waals surface area contributed by atoms with Crippen LogP contribution < -0.4 is 15.2 Å². The van der Waals surface area contributed by atoms with Crippen molar-refractivity contribution in [2.24, 2.45) is 0 Å². The quantitative estimate of drug-likeness (QED) is 0.851. The van der Waals surface area contributed by atoms with Gasteiger partial charge in [0.25, 0.3) is 10.0 Å². The van der Waals surface area contributed by atoms with Crippen LogP contribution in [0, 0.1) is 13.8 Å². The number of hydrogen-bond donors (Lipinski definition) is 2. The van der Waals surface area contributed by atoms with Crippen LogP contribution in [-0.2, 0) is 10.0 Å². The summed E-state index contributed by atoms with van der Waals surface area (Å²) in [6.45, 7) is 3.68. The van der Waals surface area contributed by atoms with Crippen LogP contribution in [0.1, 0.15) is 11.1 Å². The van der Waals surface area contributed by atoms with Crippen molar-refractivity contribution in [3.63, 3.8) is 0 Å². The minimum absolute atomic E-state index is 0.243. The van der Waals surface area contributed by atoms with E-state index >= 15 is 0 Å². The number of anilines is 2. The summed E-state index contributed by atoms with van der Waals surface area (Å²) < 4.78 is 32.7. The number of nitrogen functional groups attached to an aromatic ring is 1. The fourth-order valence-electron chi connectivity index (χ4n) is 2.09. The van der Waals surface area contributed by atoms with Crippen molar-refractivity contribution < 1.29 is 13.2 Å². The van der Waals surface area contributed by atoms with E-state index in [1.165, 1.54) is 7.11 Å². The van der Waals surface area contributed by atoms with Gasteiger partial charge in [-0.2, -0.15) is 0 Å². The Morgan fingerprint density at radius 3 is 2.43 bits per heavy atom. The zero-order chi connectivity index (χ0) is 15.6. The third-order valence-electron chi connectivity index (χ3n) is 3.09. The Hall–Kier alpha value is -2.21. The van der Waals surface area contributed by atoms with Crippen molar-refractivity contribution in [1.82, 2.24) is 0 Å². The Balaban J connectivity index is 2.42. The summed E-state index contributed by atoms with van der Waals surface area (Å²) in [6, 6.07) is 9.95. The van der Waals surface area contributed by atoms with Crippen LogP contribution in [-0.4, -0.2) is 15.5 Å². The molecule has 0 aromatic heterocycles. The van der Waals surface area contributed by atoms with Crippen molar-refractivity contribution in [2.75, 3.05) is 17.6 Å². The molecule has 3 N–H and O–H groups in total. The molecule has 0 fully saturated rings. The lowest BCUT2D eigenvalue weighted by Crippen LogP contribution is -2.15. The summed E-state index contributed by atoms with van der Waals surface area (Å²) in [4.78, 5) is 0.243. The summed E-state index contributed by atoms with van der Waals surface area (Å²) in [6.07, 6.45) is 0. The van der Waals surface area contributed by atoms with E-state index in [1.807, 2.05) is 13.0 Å². The normalized spacial score (nSPS) is 11.2. The summed E-state index contributed by atoms with van der Waals surface area (Å²) in [5.41, 5.74) is 8.22. The Kier molecular flexibility index (Phi) is 4.09. The highest BCUT2D eigenvalue weighted by molar-refractivity contribution is 7.92. The van der Waals surface area contributed by atoms with Crippen LogP contribution >= 0.6 is 0 Å². The van der Waals surface area contributed by atoms with Crippen LogP contribution in [0.15, 0.2) is 41.3 Å². The van der Waals surface area contributed by atoms with Gasteiger partial charge in [-0.1, -0.05) is 17.7 Å². The standard InChI is InChI=1S/C15H18N2O3S/c1-10-4-7-15(11(2)8-10)21(18,19)17-13-6-5-12(16)9-14(13)20-3/h4-9,17H,16H2,1-3H3. The minimum atomic E-state index is -3.68. The van der Waals surface area contributed by atoms with E-state index < -0.39 is 10.0 Å². The second-order valence-electron chi connectivity index (χ2n) is 4.83. The number of rotatable bonds is 4. The molecule has 2 rings (SSSR count). The number of benzene rings is 2. The van der Waals surface area contributed by atoms with Gasteiger partial charge in [0, 0.05) is 11.8 Å². The third kappa shape index (κ3) is 3.28. The second-order valence-corrected chi connectivity index (χ2v) is 6.48. The molecule has 0 bridgehead atoms. The Bertz CT molecular complexity index is 770. The highest BCUT2D eigenvalue weighted by atomic mass is 32.2. The van der Waals surface area contributed by atoms with Crippen LogP contribution in [0.25, 0.3) is 0 Å². The first kappa shape index (κ1) is 15.2. The molecule has 6 heteroatoms. The minimum Gasteiger partial charge on any atom is -0.494 e. The lowest BCUT2D eigenvalue weighted by molar-refractivity contribution is 0.417. The third-order valence-corrected chi connectivity index (χ3v) is 4.62. The molecule has 0 saturated heterocycles. The topological polar surface area (TPSA) is 81.4 Å². The molecule has 0 heterocycles. The van der Waals surface area contributed by atoms with Crippen LogP contribution in [0.4, 0.5) is 11.4 Å². The zero-order valence-corrected chi connectivity index (χ0v) is 13.0. The maximum atomic E-state index is 12.5. The van der Waals surface area contributed by atoms with E-state index in [2.05, 4.69) is 4.72 Å². The summed E-state index contributed by atoms with van der Waals surface area (Å²) >= 11 is 0. The first-order valence-electron chi connectivity index (χ1n) is 6.37. The predicted molar refractivity (Wildman–Crippen MR) is 84.1 cm³/mol. The van der Waals surface area contributed by atoms with Gasteiger partial charge in [0.15, 0.2) is 0 Å². The lowest BCUT2D eigenvalue weighted by atomic mass is 10.2. The van der Waals surface area contributed by atoms with E-state index in [0.29, 0.717) is 22.7 Å². The van der Waals surface area contributed by atoms with Crippen LogP contribution in [0.2, 0.25) is 0 Å². The SMILES string of the molecule is COc1cc(N)ccc1NS(=O)(=O)c1ccc(C)cc1C. The molecule has 0 radical (unpaired) electrons. The second kappa shape index (κ2) is 5.65. The van der Waals surface area contributed by atoms with Gasteiger partial charge in [-0.3, -0.25) is 4.72 Å². The van der Waals surface area contributed by atoms with Crippen LogP contribution in [0.3, 0.4) is 0 Å². The smallest absolute Gasteiger partial charge is 0.262 e. The first-order valence-corrected chi connectivity index (χ1v) is 7.85. The highest BCUT2D eigenvalue weighted by Gasteiger charge is 2.18. The molecular formula is C15H18N2O3S. The zero-order valence-electron chi connectivity index (χ0n) is 12.2. The fourth-order valence-corrected chi connectivity index (χ4v) is 3.39. The number of aryl methyl sites for hydroxylation is 2. The molecule has 0 aliphatic carbocycles. The van der Waals surface area contributed by atoms with Crippen molar-refractivity contribution in [2.45, 2.75) is 18.7 Å². The van der Waals surface area contributed by atoms with E-state index in [1.54, 1.807) is 37.3 Å². The van der Waals surface area contributed by atoms with Gasteiger partial charge in [-0.05, 0) is 37.6 Å². The van der Waals surface area contributed by atoms with E-state index in [4.69, 9.17) is 10.5 Å². The van der Waals surface area contributed by atoms with Crippen molar-refractivity contribution in [3.05, 3.63) is 47.5 Å². The average Bonchev–Trinajstić information content (AvgIpc) is 2.40. The van der Waals surface area contributed by atoms with Crippen LogP contribution in [0.5, 0.6) is 5.75 Å². The molecule has 5 nitrogen and oxygen atoms in total. The molecule has 0 aliphatic heterocycles. The molecule has 112 valence electrons. The van der Waals surface area contributed by atoms with E-state index in [9.17, 15) is 8.42 Å². The van der Waals surface area contributed by atoms with E-state index in [0.717, 1.165) is 5.56 Å². The van der Waals surface area contributed by atoms with Gasteiger partial charge in [-0.15, -0.1) is 0 Å². The number of nitrogens with one attached hydrogen (secondary N) is 1. The molecule has 0 spiro atoms. The maximum Gasteiger partial charge on any atom is 0.262 e. The van der Waals surface area contributed by atoms with E-state index in [-0.39, 0.29) is 4.90 Å². The van der Waals surface area contributed by atoms with Gasteiger partial charge in [-0.25, -0.2) is 8.42 Å². The fraction of sp³-hybridized carbons (Fsp3) is 0.200. The molecule has 0 saturated carbocycles. The molecule has 2 aromatic carbocycles. The monoisotopic (exact) mass is 306 g/mol. The number of sulfonamides is 1. The number of nitrogens with two attached hydrogens (primary N) is 1. The Morgan fingerprint density at radius 2 is 1.81 bits per heavy atom. The summed E-state index contributed by atoms with van der Waals surface area (Å²) in [5.74, 6) is 0.378.